The van der Waals surface area contributed by atoms with Gasteiger partial charge in [-0.2, -0.15) is 0 Å². The maximum absolute atomic E-state index is 12.6. The number of carbonyl (C=O) groups is 2. The lowest BCUT2D eigenvalue weighted by Gasteiger charge is -2.35. The molecule has 124 valence electrons. The van der Waals surface area contributed by atoms with Crippen LogP contribution < -0.4 is 5.73 Å². The normalized spacial score (nSPS) is 25.3. The lowest BCUT2D eigenvalue weighted by molar-refractivity contribution is -0.153. The zero-order valence-electron chi connectivity index (χ0n) is 13.5. The average Bonchev–Trinajstić information content (AvgIpc) is 2.61. The Hall–Kier alpha value is -1.88. The third kappa shape index (κ3) is 3.72. The lowest BCUT2D eigenvalue weighted by Crippen LogP contribution is -2.52. The fraction of sp³-hybridized carbons (Fsp3) is 0.556. The fourth-order valence-electron chi connectivity index (χ4n) is 3.62. The van der Waals surface area contributed by atoms with Gasteiger partial charge in [0, 0.05) is 38.1 Å². The highest BCUT2D eigenvalue weighted by atomic mass is 16.2. The van der Waals surface area contributed by atoms with Crippen molar-refractivity contribution in [3.8, 4) is 0 Å². The molecule has 2 saturated heterocycles. The molecule has 3 rings (SSSR count). The van der Waals surface area contributed by atoms with E-state index in [1.807, 2.05) is 18.2 Å². The first-order valence-corrected chi connectivity index (χ1v) is 8.54. The predicted octanol–water partition coefficient (Wildman–Crippen LogP) is 1.34. The monoisotopic (exact) mass is 315 g/mol. The second-order valence-electron chi connectivity index (χ2n) is 6.65. The molecule has 5 heteroatoms. The highest BCUT2D eigenvalue weighted by molar-refractivity contribution is 6.34. The van der Waals surface area contributed by atoms with Gasteiger partial charge in [-0.25, -0.2) is 0 Å². The molecular formula is C18H25N3O2. The van der Waals surface area contributed by atoms with Crippen LogP contribution in [0.1, 0.15) is 37.2 Å². The van der Waals surface area contributed by atoms with Gasteiger partial charge in [-0.3, -0.25) is 9.59 Å². The lowest BCUT2D eigenvalue weighted by atomic mass is 9.90. The van der Waals surface area contributed by atoms with Crippen molar-refractivity contribution in [3.05, 3.63) is 35.9 Å². The van der Waals surface area contributed by atoms with Gasteiger partial charge in [0.2, 0.25) is 0 Å². The molecule has 2 N–H and O–H groups in total. The van der Waals surface area contributed by atoms with Gasteiger partial charge in [-0.1, -0.05) is 30.3 Å². The zero-order chi connectivity index (χ0) is 16.2. The van der Waals surface area contributed by atoms with Crippen LogP contribution in [0.15, 0.2) is 30.3 Å². The van der Waals surface area contributed by atoms with Gasteiger partial charge in [0.05, 0.1) is 0 Å². The maximum Gasteiger partial charge on any atom is 0.312 e. The van der Waals surface area contributed by atoms with E-state index in [1.54, 1.807) is 9.80 Å². The number of nitrogens with zero attached hydrogens (tertiary/aromatic N) is 2. The first kappa shape index (κ1) is 16.0. The van der Waals surface area contributed by atoms with Crippen LogP contribution in [0.4, 0.5) is 0 Å². The Bertz CT molecular complexity index is 561. The Kier molecular flexibility index (Phi) is 4.96. The number of piperidine rings is 2. The first-order valence-electron chi connectivity index (χ1n) is 8.54. The molecule has 0 aliphatic carbocycles. The van der Waals surface area contributed by atoms with Crippen molar-refractivity contribution in [1.29, 1.82) is 0 Å². The Morgan fingerprint density at radius 1 is 0.913 bits per heavy atom. The summed E-state index contributed by atoms with van der Waals surface area (Å²) in [6.07, 6.45) is 3.82. The molecule has 5 nitrogen and oxygen atoms in total. The van der Waals surface area contributed by atoms with Crippen LogP contribution in [0, 0.1) is 0 Å². The van der Waals surface area contributed by atoms with Gasteiger partial charge in [-0.05, 0) is 31.2 Å². The predicted molar refractivity (Wildman–Crippen MR) is 88.8 cm³/mol. The zero-order valence-corrected chi connectivity index (χ0v) is 13.5. The molecule has 2 heterocycles. The third-order valence-electron chi connectivity index (χ3n) is 4.91. The molecule has 0 bridgehead atoms. The first-order chi connectivity index (χ1) is 11.1. The molecule has 1 aromatic carbocycles. The van der Waals surface area contributed by atoms with Gasteiger partial charge in [0.1, 0.15) is 0 Å². The smallest absolute Gasteiger partial charge is 0.312 e. The minimum atomic E-state index is -0.381. The summed E-state index contributed by atoms with van der Waals surface area (Å²) in [5.74, 6) is -0.418. The van der Waals surface area contributed by atoms with E-state index in [0.717, 1.165) is 25.7 Å². The van der Waals surface area contributed by atoms with Crippen molar-refractivity contribution in [1.82, 2.24) is 9.80 Å². The molecule has 1 unspecified atom stereocenters. The van der Waals surface area contributed by atoms with E-state index in [1.165, 1.54) is 5.56 Å². The number of likely N-dealkylation sites (tertiary alicyclic amines) is 2. The van der Waals surface area contributed by atoms with Crippen molar-refractivity contribution < 1.29 is 9.59 Å². The number of hydrogen-bond acceptors (Lipinski definition) is 3. The van der Waals surface area contributed by atoms with Crippen LogP contribution in [0.5, 0.6) is 0 Å². The van der Waals surface area contributed by atoms with Crippen molar-refractivity contribution in [2.75, 3.05) is 26.2 Å². The summed E-state index contributed by atoms with van der Waals surface area (Å²) < 4.78 is 0. The SMILES string of the molecule is N[C@H]1CCCN(C(=O)C(=O)N2CCCC(c3ccccc3)C2)C1. The van der Waals surface area contributed by atoms with E-state index < -0.39 is 0 Å². The molecular weight excluding hydrogens is 290 g/mol. The quantitative estimate of drug-likeness (QED) is 0.795. The highest BCUT2D eigenvalue weighted by Crippen LogP contribution is 2.27. The minimum Gasteiger partial charge on any atom is -0.334 e. The summed E-state index contributed by atoms with van der Waals surface area (Å²) in [5, 5.41) is 0. The molecule has 2 fully saturated rings. The van der Waals surface area contributed by atoms with Crippen molar-refractivity contribution in [2.24, 2.45) is 5.73 Å². The van der Waals surface area contributed by atoms with E-state index in [4.69, 9.17) is 5.73 Å². The molecule has 0 saturated carbocycles. The minimum absolute atomic E-state index is 0.000997. The standard InChI is InChI=1S/C18H25N3O2/c19-16-9-5-11-21(13-16)18(23)17(22)20-10-4-8-15(12-20)14-6-2-1-3-7-14/h1-3,6-7,15-16H,4-5,8-13,19H2/t15?,16-/m0/s1. The summed E-state index contributed by atoms with van der Waals surface area (Å²) in [7, 11) is 0. The van der Waals surface area contributed by atoms with E-state index >= 15 is 0 Å². The van der Waals surface area contributed by atoms with E-state index in [-0.39, 0.29) is 17.9 Å². The second-order valence-corrected chi connectivity index (χ2v) is 6.65. The molecule has 23 heavy (non-hydrogen) atoms. The summed E-state index contributed by atoms with van der Waals surface area (Å²) in [4.78, 5) is 28.4. The number of carbonyl (C=O) groups excluding carboxylic acids is 2. The van der Waals surface area contributed by atoms with E-state index in [9.17, 15) is 9.59 Å². The van der Waals surface area contributed by atoms with E-state index in [0.29, 0.717) is 32.1 Å². The summed E-state index contributed by atoms with van der Waals surface area (Å²) in [6.45, 7) is 2.46. The van der Waals surface area contributed by atoms with Crippen LogP contribution in [0.25, 0.3) is 0 Å². The summed E-state index contributed by atoms with van der Waals surface area (Å²) in [6, 6.07) is 10.2. The van der Waals surface area contributed by atoms with Crippen molar-refractivity contribution in [3.63, 3.8) is 0 Å². The van der Waals surface area contributed by atoms with Crippen molar-refractivity contribution in [2.45, 2.75) is 37.6 Å². The average molecular weight is 315 g/mol. The van der Waals surface area contributed by atoms with Crippen LogP contribution in [0.2, 0.25) is 0 Å². The molecule has 1 aromatic rings. The Morgan fingerprint density at radius 2 is 1.52 bits per heavy atom. The van der Waals surface area contributed by atoms with Gasteiger partial charge in [0.25, 0.3) is 0 Å². The number of benzene rings is 1. The van der Waals surface area contributed by atoms with Crippen LogP contribution in [0.3, 0.4) is 0 Å². The van der Waals surface area contributed by atoms with Crippen LogP contribution in [-0.2, 0) is 9.59 Å². The molecule has 2 aliphatic rings. The Morgan fingerprint density at radius 3 is 2.17 bits per heavy atom. The van der Waals surface area contributed by atoms with Gasteiger partial charge < -0.3 is 15.5 Å². The molecule has 2 atom stereocenters. The van der Waals surface area contributed by atoms with E-state index in [2.05, 4.69) is 12.1 Å². The molecule has 2 aliphatic heterocycles. The number of rotatable bonds is 1. The fourth-order valence-corrected chi connectivity index (χ4v) is 3.62. The maximum atomic E-state index is 12.6. The van der Waals surface area contributed by atoms with Gasteiger partial charge >= 0.3 is 11.8 Å². The van der Waals surface area contributed by atoms with Gasteiger partial charge in [-0.15, -0.1) is 0 Å². The second kappa shape index (κ2) is 7.13. The van der Waals surface area contributed by atoms with Crippen molar-refractivity contribution >= 4 is 11.8 Å². The molecule has 0 aromatic heterocycles. The van der Waals surface area contributed by atoms with Crippen LogP contribution >= 0.6 is 0 Å². The number of nitrogens with two attached hydrogens (primary N) is 1. The third-order valence-corrected chi connectivity index (χ3v) is 4.91. The topological polar surface area (TPSA) is 66.6 Å². The number of hydrogen-bond donors (Lipinski definition) is 1. The number of amides is 2. The Balaban J connectivity index is 1.63. The summed E-state index contributed by atoms with van der Waals surface area (Å²) in [5.41, 5.74) is 7.17. The molecule has 0 spiro atoms. The largest absolute Gasteiger partial charge is 0.334 e. The van der Waals surface area contributed by atoms with Crippen LogP contribution in [-0.4, -0.2) is 53.8 Å². The molecule has 0 radical (unpaired) electrons. The Labute approximate surface area is 137 Å². The van der Waals surface area contributed by atoms with Gasteiger partial charge in [0.15, 0.2) is 0 Å². The molecule has 2 amide bonds. The summed E-state index contributed by atoms with van der Waals surface area (Å²) >= 11 is 0. The highest BCUT2D eigenvalue weighted by Gasteiger charge is 2.32.